The molecule has 30 heavy (non-hydrogen) atoms. The van der Waals surface area contributed by atoms with E-state index in [1.165, 1.54) is 12.1 Å². The van der Waals surface area contributed by atoms with E-state index in [1.807, 2.05) is 56.3 Å². The average Bonchev–Trinajstić information content (AvgIpc) is 3.16. The zero-order chi connectivity index (χ0) is 21.1. The number of rotatable bonds is 7. The first-order chi connectivity index (χ1) is 14.5. The van der Waals surface area contributed by atoms with E-state index in [2.05, 4.69) is 15.4 Å². The number of imidazole rings is 1. The van der Waals surface area contributed by atoms with Crippen LogP contribution >= 0.6 is 0 Å². The number of hydrogen-bond donors (Lipinski definition) is 2. The van der Waals surface area contributed by atoms with Gasteiger partial charge in [-0.05, 0) is 67.9 Å². The average molecular weight is 405 g/mol. The number of aromatic nitrogens is 3. The van der Waals surface area contributed by atoms with Gasteiger partial charge in [0, 0.05) is 11.6 Å². The summed E-state index contributed by atoms with van der Waals surface area (Å²) in [4.78, 5) is 4.44. The van der Waals surface area contributed by atoms with Gasteiger partial charge in [0.15, 0.2) is 5.65 Å². The van der Waals surface area contributed by atoms with E-state index in [4.69, 9.17) is 10.5 Å². The zero-order valence-corrected chi connectivity index (χ0v) is 16.9. The van der Waals surface area contributed by atoms with E-state index < -0.39 is 0 Å². The minimum atomic E-state index is -0.255. The SMILES string of the molecule is C[C@@H](N)COc1ccc(-c2cnc3ccc(N[C@H](C)c4cccc(F)c4)nn23)cc1. The smallest absolute Gasteiger partial charge is 0.154 e. The molecule has 3 N–H and O–H groups in total. The van der Waals surface area contributed by atoms with Crippen molar-refractivity contribution in [3.8, 4) is 17.0 Å². The second-order valence-corrected chi connectivity index (χ2v) is 7.37. The second-order valence-electron chi connectivity index (χ2n) is 7.37. The minimum Gasteiger partial charge on any atom is -0.492 e. The fraction of sp³-hybridized carbons (Fsp3) is 0.217. The molecule has 0 aliphatic rings. The van der Waals surface area contributed by atoms with Crippen molar-refractivity contribution in [2.24, 2.45) is 5.73 Å². The monoisotopic (exact) mass is 405 g/mol. The molecule has 0 bridgehead atoms. The van der Waals surface area contributed by atoms with Gasteiger partial charge in [0.05, 0.1) is 17.9 Å². The highest BCUT2D eigenvalue weighted by Gasteiger charge is 2.11. The summed E-state index contributed by atoms with van der Waals surface area (Å²) in [5.41, 5.74) is 9.16. The molecule has 0 radical (unpaired) electrons. The number of anilines is 1. The van der Waals surface area contributed by atoms with E-state index in [-0.39, 0.29) is 17.9 Å². The van der Waals surface area contributed by atoms with Crippen LogP contribution in [0.1, 0.15) is 25.5 Å². The summed E-state index contributed by atoms with van der Waals surface area (Å²) >= 11 is 0. The van der Waals surface area contributed by atoms with Crippen molar-refractivity contribution in [2.75, 3.05) is 11.9 Å². The maximum Gasteiger partial charge on any atom is 0.154 e. The maximum absolute atomic E-state index is 13.5. The fourth-order valence-corrected chi connectivity index (χ4v) is 3.18. The van der Waals surface area contributed by atoms with Gasteiger partial charge in [0.2, 0.25) is 0 Å². The topological polar surface area (TPSA) is 77.5 Å². The zero-order valence-electron chi connectivity index (χ0n) is 16.9. The lowest BCUT2D eigenvalue weighted by Gasteiger charge is -2.15. The third-order valence-electron chi connectivity index (χ3n) is 4.74. The highest BCUT2D eigenvalue weighted by molar-refractivity contribution is 5.64. The van der Waals surface area contributed by atoms with E-state index in [1.54, 1.807) is 16.8 Å². The molecule has 6 nitrogen and oxygen atoms in total. The normalized spacial score (nSPS) is 13.2. The number of fused-ring (bicyclic) bond motifs is 1. The molecule has 0 unspecified atom stereocenters. The fourth-order valence-electron chi connectivity index (χ4n) is 3.18. The largest absolute Gasteiger partial charge is 0.492 e. The Morgan fingerprint density at radius 2 is 1.90 bits per heavy atom. The van der Waals surface area contributed by atoms with Crippen molar-refractivity contribution in [1.29, 1.82) is 0 Å². The molecule has 4 rings (SSSR count). The standard InChI is InChI=1S/C23H24FN5O/c1-15(25)14-30-20-8-6-17(7-9-20)21-13-26-23-11-10-22(28-29(21)23)27-16(2)18-4-3-5-19(24)12-18/h3-13,15-16H,14,25H2,1-2H3,(H,27,28)/t15-,16-/m1/s1. The first-order valence-corrected chi connectivity index (χ1v) is 9.85. The van der Waals surface area contributed by atoms with E-state index in [0.717, 1.165) is 28.2 Å². The van der Waals surface area contributed by atoms with Crippen molar-refractivity contribution < 1.29 is 9.13 Å². The molecule has 2 aromatic heterocycles. The van der Waals surface area contributed by atoms with Crippen LogP contribution in [0.25, 0.3) is 16.9 Å². The number of hydrogen-bond acceptors (Lipinski definition) is 5. The molecule has 0 saturated carbocycles. The van der Waals surface area contributed by atoms with Gasteiger partial charge in [0.1, 0.15) is 24.0 Å². The summed E-state index contributed by atoms with van der Waals surface area (Å²) in [6.07, 6.45) is 1.79. The van der Waals surface area contributed by atoms with E-state index >= 15 is 0 Å². The lowest BCUT2D eigenvalue weighted by atomic mass is 10.1. The van der Waals surface area contributed by atoms with Gasteiger partial charge < -0.3 is 15.8 Å². The van der Waals surface area contributed by atoms with Gasteiger partial charge in [-0.1, -0.05) is 12.1 Å². The molecule has 154 valence electrons. The van der Waals surface area contributed by atoms with Crippen molar-refractivity contribution in [2.45, 2.75) is 25.9 Å². The Kier molecular flexibility index (Phi) is 5.63. The molecule has 7 heteroatoms. The summed E-state index contributed by atoms with van der Waals surface area (Å²) in [7, 11) is 0. The quantitative estimate of drug-likeness (QED) is 0.475. The molecular formula is C23H24FN5O. The second kappa shape index (κ2) is 8.51. The first-order valence-electron chi connectivity index (χ1n) is 9.85. The third-order valence-corrected chi connectivity index (χ3v) is 4.74. The number of halogens is 1. The Labute approximate surface area is 174 Å². The molecule has 0 saturated heterocycles. The van der Waals surface area contributed by atoms with Crippen molar-refractivity contribution in [3.63, 3.8) is 0 Å². The van der Waals surface area contributed by atoms with Crippen LogP contribution in [-0.4, -0.2) is 27.2 Å². The van der Waals surface area contributed by atoms with Crippen molar-refractivity contribution >= 4 is 11.5 Å². The molecule has 0 fully saturated rings. The number of ether oxygens (including phenoxy) is 1. The van der Waals surface area contributed by atoms with Gasteiger partial charge in [-0.15, -0.1) is 5.10 Å². The van der Waals surface area contributed by atoms with Crippen LogP contribution in [0.5, 0.6) is 5.75 Å². The van der Waals surface area contributed by atoms with Crippen LogP contribution in [0.2, 0.25) is 0 Å². The molecule has 2 atom stereocenters. The van der Waals surface area contributed by atoms with Crippen molar-refractivity contribution in [1.82, 2.24) is 14.6 Å². The first kappa shape index (κ1) is 19.8. The van der Waals surface area contributed by atoms with Gasteiger partial charge in [0.25, 0.3) is 0 Å². The lowest BCUT2D eigenvalue weighted by Crippen LogP contribution is -2.23. The van der Waals surface area contributed by atoms with E-state index in [0.29, 0.717) is 12.4 Å². The summed E-state index contributed by atoms with van der Waals surface area (Å²) in [6, 6.07) is 18.0. The molecule has 2 aromatic carbocycles. The maximum atomic E-state index is 13.5. The third kappa shape index (κ3) is 4.41. The van der Waals surface area contributed by atoms with Crippen molar-refractivity contribution in [3.05, 3.63) is 78.2 Å². The Morgan fingerprint density at radius 3 is 2.63 bits per heavy atom. The number of benzene rings is 2. The Bertz CT molecular complexity index is 1140. The van der Waals surface area contributed by atoms with E-state index in [9.17, 15) is 4.39 Å². The lowest BCUT2D eigenvalue weighted by molar-refractivity contribution is 0.296. The van der Waals surface area contributed by atoms with Crippen LogP contribution in [0.4, 0.5) is 10.2 Å². The molecule has 0 spiro atoms. The Balaban J connectivity index is 1.57. The summed E-state index contributed by atoms with van der Waals surface area (Å²) in [6.45, 7) is 4.34. The molecular weight excluding hydrogens is 381 g/mol. The summed E-state index contributed by atoms with van der Waals surface area (Å²) in [5.74, 6) is 1.19. The highest BCUT2D eigenvalue weighted by Crippen LogP contribution is 2.25. The Morgan fingerprint density at radius 1 is 1.10 bits per heavy atom. The van der Waals surface area contributed by atoms with Gasteiger partial charge in [-0.2, -0.15) is 0 Å². The van der Waals surface area contributed by atoms with Gasteiger partial charge >= 0.3 is 0 Å². The molecule has 0 amide bonds. The van der Waals surface area contributed by atoms with Crippen LogP contribution in [0.15, 0.2) is 66.9 Å². The van der Waals surface area contributed by atoms with Crippen LogP contribution < -0.4 is 15.8 Å². The number of nitrogens with two attached hydrogens (primary N) is 1. The molecule has 2 heterocycles. The minimum absolute atomic E-state index is 0.0201. The molecule has 0 aliphatic carbocycles. The molecule has 4 aromatic rings. The van der Waals surface area contributed by atoms with Crippen LogP contribution in [0.3, 0.4) is 0 Å². The number of nitrogens with zero attached hydrogens (tertiary/aromatic N) is 3. The predicted octanol–water partition coefficient (Wildman–Crippen LogP) is 4.43. The highest BCUT2D eigenvalue weighted by atomic mass is 19.1. The summed E-state index contributed by atoms with van der Waals surface area (Å²) in [5, 5.41) is 8.01. The summed E-state index contributed by atoms with van der Waals surface area (Å²) < 4.78 is 20.9. The molecule has 0 aliphatic heterocycles. The number of nitrogens with one attached hydrogen (secondary N) is 1. The Hall–Kier alpha value is -3.45. The van der Waals surface area contributed by atoms with Crippen LogP contribution in [-0.2, 0) is 0 Å². The van der Waals surface area contributed by atoms with Gasteiger partial charge in [-0.3, -0.25) is 0 Å². The van der Waals surface area contributed by atoms with Gasteiger partial charge in [-0.25, -0.2) is 13.9 Å². The van der Waals surface area contributed by atoms with Crippen LogP contribution in [0, 0.1) is 5.82 Å². The predicted molar refractivity (Wildman–Crippen MR) is 116 cm³/mol.